The van der Waals surface area contributed by atoms with Crippen molar-refractivity contribution in [2.24, 2.45) is 10.9 Å². The molecule has 1 N–H and O–H groups in total. The zero-order valence-electron chi connectivity index (χ0n) is 4.72. The van der Waals surface area contributed by atoms with Gasteiger partial charge in [-0.05, 0) is 12.8 Å². The monoisotopic (exact) mass is 109 g/mol. The molecule has 0 bridgehead atoms. The fourth-order valence-electron chi connectivity index (χ4n) is 1.31. The van der Waals surface area contributed by atoms with Gasteiger partial charge in [-0.1, -0.05) is 0 Å². The molecule has 1 unspecified atom stereocenters. The Kier molecular flexibility index (Phi) is 0.802. The molecule has 2 nitrogen and oxygen atoms in total. The lowest BCUT2D eigenvalue weighted by molar-refractivity contribution is 0.692. The maximum Gasteiger partial charge on any atom is 0.0998 e. The predicted molar refractivity (Wildman–Crippen MR) is 32.5 cm³/mol. The molecule has 0 aromatic rings. The van der Waals surface area contributed by atoms with Gasteiger partial charge in [0, 0.05) is 19.0 Å². The quantitative estimate of drug-likeness (QED) is 0.483. The number of hydrogen-bond donors (Lipinski definition) is 1. The molecule has 0 aromatic carbocycles. The van der Waals surface area contributed by atoms with Gasteiger partial charge in [0.05, 0.1) is 5.84 Å². The van der Waals surface area contributed by atoms with Gasteiger partial charge in [0.2, 0.25) is 0 Å². The molecular weight excluding hydrogens is 100 g/mol. The van der Waals surface area contributed by atoms with Crippen LogP contribution in [0.15, 0.2) is 4.99 Å². The smallest absolute Gasteiger partial charge is 0.0998 e. The van der Waals surface area contributed by atoms with Crippen LogP contribution in [0.3, 0.4) is 0 Å². The summed E-state index contributed by atoms with van der Waals surface area (Å²) in [4.78, 5) is 4.27. The molecule has 8 heavy (non-hydrogen) atoms. The van der Waals surface area contributed by atoms with Gasteiger partial charge in [0.1, 0.15) is 0 Å². The molecule has 0 amide bonds. The van der Waals surface area contributed by atoms with Gasteiger partial charge < -0.3 is 5.32 Å². The Bertz CT molecular complexity index is 128. The van der Waals surface area contributed by atoms with Crippen LogP contribution < -0.4 is 5.32 Å². The first kappa shape index (κ1) is 4.36. The largest absolute Gasteiger partial charge is 0.369 e. The van der Waals surface area contributed by atoms with Crippen LogP contribution in [0.2, 0.25) is 0 Å². The molecule has 0 saturated carbocycles. The lowest BCUT2D eigenvalue weighted by atomic mass is 10.1. The normalized spacial score (nSPS) is 34.0. The summed E-state index contributed by atoms with van der Waals surface area (Å²) in [6.07, 6.45) is 2.46. The van der Waals surface area contributed by atoms with Gasteiger partial charge >= 0.3 is 0 Å². The highest BCUT2D eigenvalue weighted by Gasteiger charge is 2.25. The molecule has 1 atom stereocenters. The number of nitrogens with one attached hydrogen (secondary N) is 1. The van der Waals surface area contributed by atoms with E-state index >= 15 is 0 Å². The van der Waals surface area contributed by atoms with Crippen molar-refractivity contribution in [3.63, 3.8) is 0 Å². The van der Waals surface area contributed by atoms with Crippen LogP contribution >= 0.6 is 0 Å². The van der Waals surface area contributed by atoms with E-state index in [-0.39, 0.29) is 0 Å². The van der Waals surface area contributed by atoms with Gasteiger partial charge in [-0.25, -0.2) is 0 Å². The molecule has 2 heteroatoms. The zero-order chi connectivity index (χ0) is 5.40. The van der Waals surface area contributed by atoms with Crippen LogP contribution in [0.1, 0.15) is 12.8 Å². The fraction of sp³-hybridized carbons (Fsp3) is 0.667. The Morgan fingerprint density at radius 3 is 3.62 bits per heavy atom. The molecule has 1 saturated heterocycles. The van der Waals surface area contributed by atoms with Crippen molar-refractivity contribution in [2.75, 3.05) is 6.54 Å². The molecule has 1 fully saturated rings. The highest BCUT2D eigenvalue weighted by molar-refractivity contribution is 5.88. The summed E-state index contributed by atoms with van der Waals surface area (Å²) < 4.78 is 0. The Hall–Kier alpha value is -0.530. The minimum atomic E-state index is 0.759. The standard InChI is InChI=1S/C6H9N2/c1-3-7-6-5(1)2-4-8-6/h3,5H,1-2,4H2,(H,7,8). The molecule has 2 rings (SSSR count). The summed E-state index contributed by atoms with van der Waals surface area (Å²) in [6.45, 7) is 3.14. The highest BCUT2D eigenvalue weighted by Crippen LogP contribution is 2.21. The molecule has 1 radical (unpaired) electrons. The van der Waals surface area contributed by atoms with Gasteiger partial charge in [0.25, 0.3) is 0 Å². The Morgan fingerprint density at radius 1 is 1.75 bits per heavy atom. The second kappa shape index (κ2) is 1.47. The third-order valence-corrected chi connectivity index (χ3v) is 1.80. The van der Waals surface area contributed by atoms with Crippen LogP contribution in [0.25, 0.3) is 0 Å². The fourth-order valence-corrected chi connectivity index (χ4v) is 1.31. The molecule has 43 valence electrons. The Balaban J connectivity index is 2.20. The average molecular weight is 109 g/mol. The van der Waals surface area contributed by atoms with Gasteiger partial charge in [-0.2, -0.15) is 0 Å². The van der Waals surface area contributed by atoms with Crippen LogP contribution in [-0.4, -0.2) is 12.4 Å². The zero-order valence-corrected chi connectivity index (χ0v) is 4.72. The van der Waals surface area contributed by atoms with E-state index in [1.807, 2.05) is 0 Å². The number of hydrogen-bond acceptors (Lipinski definition) is 2. The maximum absolute atomic E-state index is 4.27. The van der Waals surface area contributed by atoms with Crippen molar-refractivity contribution in [2.45, 2.75) is 12.8 Å². The lowest BCUT2D eigenvalue weighted by Gasteiger charge is -1.94. The van der Waals surface area contributed by atoms with Crippen molar-refractivity contribution >= 4 is 5.84 Å². The van der Waals surface area contributed by atoms with E-state index in [0.29, 0.717) is 0 Å². The first-order chi connectivity index (χ1) is 3.97. The van der Waals surface area contributed by atoms with Crippen molar-refractivity contribution in [3.8, 4) is 0 Å². The number of fused-ring (bicyclic) bond motifs is 1. The summed E-state index contributed by atoms with van der Waals surface area (Å²) in [5.74, 6) is 1.99. The van der Waals surface area contributed by atoms with E-state index in [0.717, 1.165) is 12.5 Å². The minimum Gasteiger partial charge on any atom is -0.369 e. The number of aliphatic imine (C=N–C) groups is 1. The van der Waals surface area contributed by atoms with E-state index in [2.05, 4.69) is 16.9 Å². The number of nitrogens with zero attached hydrogens (tertiary/aromatic N) is 1. The van der Waals surface area contributed by atoms with Crippen LogP contribution in [0, 0.1) is 12.5 Å². The van der Waals surface area contributed by atoms with E-state index in [1.165, 1.54) is 18.7 Å². The van der Waals surface area contributed by atoms with Gasteiger partial charge in [0.15, 0.2) is 0 Å². The van der Waals surface area contributed by atoms with E-state index in [1.54, 1.807) is 0 Å². The molecule has 0 aromatic heterocycles. The van der Waals surface area contributed by atoms with Crippen molar-refractivity contribution in [3.05, 3.63) is 6.54 Å². The summed E-state index contributed by atoms with van der Waals surface area (Å²) in [5, 5.41) is 3.14. The van der Waals surface area contributed by atoms with Crippen LogP contribution in [-0.2, 0) is 0 Å². The Morgan fingerprint density at radius 2 is 2.75 bits per heavy atom. The minimum absolute atomic E-state index is 0.759. The van der Waals surface area contributed by atoms with E-state index in [9.17, 15) is 0 Å². The maximum atomic E-state index is 4.27. The SMILES string of the molecule is [CH]1CC2CCN=C2N1. The Labute approximate surface area is 49.0 Å². The summed E-state index contributed by atoms with van der Waals surface area (Å²) in [6, 6.07) is 0. The summed E-state index contributed by atoms with van der Waals surface area (Å²) in [7, 11) is 0. The molecule has 0 aliphatic carbocycles. The number of amidine groups is 1. The van der Waals surface area contributed by atoms with Crippen molar-refractivity contribution in [1.82, 2.24) is 5.32 Å². The first-order valence-corrected chi connectivity index (χ1v) is 3.09. The molecule has 2 aliphatic heterocycles. The molecule has 2 aliphatic rings. The van der Waals surface area contributed by atoms with Crippen molar-refractivity contribution < 1.29 is 0 Å². The average Bonchev–Trinajstić information content (AvgIpc) is 2.15. The van der Waals surface area contributed by atoms with Crippen LogP contribution in [0.5, 0.6) is 0 Å². The molecule has 2 heterocycles. The van der Waals surface area contributed by atoms with Gasteiger partial charge in [-0.15, -0.1) is 0 Å². The van der Waals surface area contributed by atoms with Crippen molar-refractivity contribution in [1.29, 1.82) is 0 Å². The molecule has 0 spiro atoms. The van der Waals surface area contributed by atoms with E-state index < -0.39 is 0 Å². The van der Waals surface area contributed by atoms with E-state index in [4.69, 9.17) is 0 Å². The highest BCUT2D eigenvalue weighted by atomic mass is 15.0. The van der Waals surface area contributed by atoms with Crippen LogP contribution in [0.4, 0.5) is 0 Å². The summed E-state index contributed by atoms with van der Waals surface area (Å²) >= 11 is 0. The topological polar surface area (TPSA) is 24.4 Å². The number of rotatable bonds is 0. The lowest BCUT2D eigenvalue weighted by Crippen LogP contribution is -2.13. The third kappa shape index (κ3) is 0.457. The predicted octanol–water partition coefficient (Wildman–Crippen LogP) is 0.560. The molecular formula is C6H9N2. The third-order valence-electron chi connectivity index (χ3n) is 1.80. The summed E-state index contributed by atoms with van der Waals surface area (Å²) in [5.41, 5.74) is 0. The first-order valence-electron chi connectivity index (χ1n) is 3.09. The second-order valence-electron chi connectivity index (χ2n) is 2.34. The second-order valence-corrected chi connectivity index (χ2v) is 2.34. The van der Waals surface area contributed by atoms with Gasteiger partial charge in [-0.3, -0.25) is 4.99 Å².